The molecule has 0 spiro atoms. The van der Waals surface area contributed by atoms with Crippen molar-refractivity contribution in [3.63, 3.8) is 0 Å². The Morgan fingerprint density at radius 2 is 1.91 bits per heavy atom. The molecule has 1 amide bonds. The third kappa shape index (κ3) is 4.85. The minimum Gasteiger partial charge on any atom is -0.379 e. The van der Waals surface area contributed by atoms with Gasteiger partial charge in [0, 0.05) is 31.8 Å². The molecule has 1 aliphatic rings. The lowest BCUT2D eigenvalue weighted by atomic mass is 10.2. The summed E-state index contributed by atoms with van der Waals surface area (Å²) in [7, 11) is -1.77. The van der Waals surface area contributed by atoms with Crippen LogP contribution in [0.3, 0.4) is 0 Å². The average molecular weight is 479 g/mol. The van der Waals surface area contributed by atoms with E-state index in [2.05, 4.69) is 20.7 Å². The zero-order chi connectivity index (χ0) is 22.7. The maximum Gasteiger partial charge on any atom is 0.243 e. The van der Waals surface area contributed by atoms with E-state index in [1.165, 1.54) is 16.1 Å². The predicted octanol–water partition coefficient (Wildman–Crippen LogP) is 1.53. The normalized spacial score (nSPS) is 15.1. The van der Waals surface area contributed by atoms with Gasteiger partial charge in [-0.3, -0.25) is 4.79 Å². The Kier molecular flexibility index (Phi) is 6.60. The molecule has 2 aromatic heterocycles. The van der Waals surface area contributed by atoms with Gasteiger partial charge in [0.2, 0.25) is 15.9 Å². The molecule has 0 bridgehead atoms. The molecular weight excluding hydrogens is 456 g/mol. The molecule has 3 aromatic rings. The molecule has 0 unspecified atom stereocenters. The Hall–Kier alpha value is -2.74. The Labute approximate surface area is 189 Å². The third-order valence-electron chi connectivity index (χ3n) is 4.78. The van der Waals surface area contributed by atoms with Crippen LogP contribution in [0.5, 0.6) is 0 Å². The van der Waals surface area contributed by atoms with Crippen molar-refractivity contribution >= 4 is 33.5 Å². The van der Waals surface area contributed by atoms with Crippen molar-refractivity contribution in [2.24, 2.45) is 7.05 Å². The number of hydrogen-bond donors (Lipinski definition) is 1. The first-order chi connectivity index (χ1) is 15.3. The van der Waals surface area contributed by atoms with Crippen molar-refractivity contribution in [3.8, 4) is 11.4 Å². The fourth-order valence-corrected chi connectivity index (χ4v) is 5.26. The molecule has 4 rings (SSSR count). The first-order valence-corrected chi connectivity index (χ1v) is 12.2. The van der Waals surface area contributed by atoms with Crippen molar-refractivity contribution in [3.05, 3.63) is 36.1 Å². The fourth-order valence-electron chi connectivity index (χ4n) is 3.14. The van der Waals surface area contributed by atoms with Gasteiger partial charge in [-0.15, -0.1) is 10.2 Å². The summed E-state index contributed by atoms with van der Waals surface area (Å²) in [5.74, 6) is 1.41. The van der Waals surface area contributed by atoms with E-state index in [1.54, 1.807) is 48.9 Å². The first kappa shape index (κ1) is 22.5. The standard InChI is InChI=1S/C19H22N6O5S2/c1-13-11-16(23-30-13)20-17(26)12-31-19-22-21-18(24(19)2)14-3-5-15(6-4-14)32(27,28)25-7-9-29-10-8-25/h3-6,11H,7-10,12H2,1-2H3,(H,20,23,26). The molecule has 3 heterocycles. The van der Waals surface area contributed by atoms with E-state index in [9.17, 15) is 13.2 Å². The number of thioether (sulfide) groups is 1. The quantitative estimate of drug-likeness (QED) is 0.502. The van der Waals surface area contributed by atoms with Gasteiger partial charge in [0.05, 0.1) is 23.9 Å². The number of anilines is 1. The maximum absolute atomic E-state index is 12.8. The number of amides is 1. The number of sulfonamides is 1. The van der Waals surface area contributed by atoms with Crippen molar-refractivity contribution in [1.82, 2.24) is 24.2 Å². The molecule has 1 N–H and O–H groups in total. The van der Waals surface area contributed by atoms with Crippen LogP contribution in [0.4, 0.5) is 5.82 Å². The van der Waals surface area contributed by atoms with Crippen LogP contribution in [-0.2, 0) is 26.6 Å². The van der Waals surface area contributed by atoms with E-state index in [0.29, 0.717) is 48.9 Å². The molecule has 11 nitrogen and oxygen atoms in total. The molecule has 0 aliphatic carbocycles. The van der Waals surface area contributed by atoms with Crippen molar-refractivity contribution < 1.29 is 22.5 Å². The van der Waals surface area contributed by atoms with Crippen LogP contribution in [0, 0.1) is 6.92 Å². The Morgan fingerprint density at radius 3 is 2.56 bits per heavy atom. The van der Waals surface area contributed by atoms with Gasteiger partial charge < -0.3 is 19.1 Å². The Balaban J connectivity index is 1.42. The van der Waals surface area contributed by atoms with Gasteiger partial charge in [-0.05, 0) is 31.2 Å². The zero-order valence-corrected chi connectivity index (χ0v) is 19.1. The summed E-state index contributed by atoms with van der Waals surface area (Å²) in [5, 5.41) is 15.3. The second-order valence-electron chi connectivity index (χ2n) is 7.07. The smallest absolute Gasteiger partial charge is 0.243 e. The first-order valence-electron chi connectivity index (χ1n) is 9.78. The summed E-state index contributed by atoms with van der Waals surface area (Å²) in [6.45, 7) is 3.22. The summed E-state index contributed by atoms with van der Waals surface area (Å²) in [6.07, 6.45) is 0. The lowest BCUT2D eigenvalue weighted by Crippen LogP contribution is -2.40. The van der Waals surface area contributed by atoms with Crippen LogP contribution in [0.1, 0.15) is 5.76 Å². The van der Waals surface area contributed by atoms with Crippen LogP contribution in [0.25, 0.3) is 11.4 Å². The molecule has 1 saturated heterocycles. The molecular formula is C19H22N6O5S2. The topological polar surface area (TPSA) is 132 Å². The van der Waals surface area contributed by atoms with Crippen LogP contribution in [-0.4, -0.2) is 70.6 Å². The highest BCUT2D eigenvalue weighted by Gasteiger charge is 2.26. The second kappa shape index (κ2) is 9.40. The van der Waals surface area contributed by atoms with Gasteiger partial charge in [-0.1, -0.05) is 16.9 Å². The number of benzene rings is 1. The fraction of sp³-hybridized carbons (Fsp3) is 0.368. The molecule has 1 aliphatic heterocycles. The molecule has 170 valence electrons. The maximum atomic E-state index is 12.8. The minimum atomic E-state index is -3.56. The molecule has 13 heteroatoms. The SMILES string of the molecule is Cc1cc(NC(=O)CSc2nnc(-c3ccc(S(=O)(=O)N4CCOCC4)cc3)n2C)no1. The summed E-state index contributed by atoms with van der Waals surface area (Å²) in [4.78, 5) is 12.3. The summed E-state index contributed by atoms with van der Waals surface area (Å²) in [5.41, 5.74) is 0.718. The highest BCUT2D eigenvalue weighted by molar-refractivity contribution is 7.99. The van der Waals surface area contributed by atoms with E-state index in [0.717, 1.165) is 5.56 Å². The van der Waals surface area contributed by atoms with Crippen molar-refractivity contribution in [2.45, 2.75) is 17.0 Å². The minimum absolute atomic E-state index is 0.120. The van der Waals surface area contributed by atoms with Crippen molar-refractivity contribution in [2.75, 3.05) is 37.4 Å². The van der Waals surface area contributed by atoms with Gasteiger partial charge in [0.25, 0.3) is 0 Å². The molecule has 1 fully saturated rings. The summed E-state index contributed by atoms with van der Waals surface area (Å²) < 4.78 is 38.9. The summed E-state index contributed by atoms with van der Waals surface area (Å²) in [6, 6.07) is 8.16. The highest BCUT2D eigenvalue weighted by Crippen LogP contribution is 2.25. The van der Waals surface area contributed by atoms with Crippen LogP contribution < -0.4 is 5.32 Å². The predicted molar refractivity (Wildman–Crippen MR) is 117 cm³/mol. The lowest BCUT2D eigenvalue weighted by Gasteiger charge is -2.26. The monoisotopic (exact) mass is 478 g/mol. The molecule has 32 heavy (non-hydrogen) atoms. The number of morpholine rings is 1. The van der Waals surface area contributed by atoms with E-state index >= 15 is 0 Å². The van der Waals surface area contributed by atoms with Crippen LogP contribution in [0.2, 0.25) is 0 Å². The van der Waals surface area contributed by atoms with Gasteiger partial charge in [0.1, 0.15) is 5.76 Å². The van der Waals surface area contributed by atoms with Crippen LogP contribution >= 0.6 is 11.8 Å². The number of carbonyl (C=O) groups is 1. The number of ether oxygens (including phenoxy) is 1. The molecule has 0 saturated carbocycles. The average Bonchev–Trinajstić information content (AvgIpc) is 3.37. The number of carbonyl (C=O) groups excluding carboxylic acids is 1. The number of aryl methyl sites for hydroxylation is 1. The molecule has 0 radical (unpaired) electrons. The molecule has 1 aromatic carbocycles. The largest absolute Gasteiger partial charge is 0.379 e. The number of hydrogen-bond acceptors (Lipinski definition) is 9. The Bertz CT molecular complexity index is 1200. The molecule has 0 atom stereocenters. The van der Waals surface area contributed by atoms with Gasteiger partial charge in [-0.25, -0.2) is 8.42 Å². The van der Waals surface area contributed by atoms with E-state index < -0.39 is 10.0 Å². The van der Waals surface area contributed by atoms with Gasteiger partial charge in [-0.2, -0.15) is 4.31 Å². The van der Waals surface area contributed by atoms with Gasteiger partial charge in [0.15, 0.2) is 16.8 Å². The number of nitrogens with one attached hydrogen (secondary N) is 1. The second-order valence-corrected chi connectivity index (χ2v) is 9.95. The number of aromatic nitrogens is 4. The lowest BCUT2D eigenvalue weighted by molar-refractivity contribution is -0.113. The van der Waals surface area contributed by atoms with E-state index in [1.807, 2.05) is 0 Å². The highest BCUT2D eigenvalue weighted by atomic mass is 32.2. The van der Waals surface area contributed by atoms with Crippen molar-refractivity contribution in [1.29, 1.82) is 0 Å². The summed E-state index contributed by atoms with van der Waals surface area (Å²) >= 11 is 1.23. The van der Waals surface area contributed by atoms with E-state index in [4.69, 9.17) is 9.26 Å². The third-order valence-corrected chi connectivity index (χ3v) is 7.72. The zero-order valence-electron chi connectivity index (χ0n) is 17.5. The Morgan fingerprint density at radius 1 is 1.19 bits per heavy atom. The van der Waals surface area contributed by atoms with Gasteiger partial charge >= 0.3 is 0 Å². The van der Waals surface area contributed by atoms with Crippen LogP contribution in [0.15, 0.2) is 44.9 Å². The number of rotatable bonds is 7. The van der Waals surface area contributed by atoms with E-state index in [-0.39, 0.29) is 16.6 Å². The number of nitrogens with zero attached hydrogens (tertiary/aromatic N) is 5.